The molecule has 2 heterocycles. The average molecular weight is 423 g/mol. The number of halogens is 1. The maximum absolute atomic E-state index is 14.7. The average Bonchev–Trinajstić information content (AvgIpc) is 2.73. The zero-order chi connectivity index (χ0) is 22.0. The lowest BCUT2D eigenvalue weighted by atomic mass is 10.0. The number of hydrogen-bond acceptors (Lipinski definition) is 5. The topological polar surface area (TPSA) is 52.5 Å². The Bertz CT molecular complexity index is 1060. The highest BCUT2D eigenvalue weighted by atomic mass is 19.1. The molecule has 164 valence electrons. The van der Waals surface area contributed by atoms with Crippen LogP contribution >= 0.6 is 0 Å². The molecule has 6 heteroatoms. The van der Waals surface area contributed by atoms with Gasteiger partial charge in [0.25, 0.3) is 0 Å². The highest BCUT2D eigenvalue weighted by molar-refractivity contribution is 5.92. The van der Waals surface area contributed by atoms with Crippen LogP contribution in [0.5, 0.6) is 5.75 Å². The first-order valence-electron chi connectivity index (χ1n) is 11.1. The van der Waals surface area contributed by atoms with E-state index in [2.05, 4.69) is 28.0 Å². The van der Waals surface area contributed by atoms with E-state index >= 15 is 0 Å². The van der Waals surface area contributed by atoms with Gasteiger partial charge in [0, 0.05) is 38.1 Å². The first-order valence-corrected chi connectivity index (χ1v) is 11.1. The zero-order valence-electron chi connectivity index (χ0n) is 18.6. The van der Waals surface area contributed by atoms with Gasteiger partial charge >= 0.3 is 0 Å². The molecule has 1 fully saturated rings. The fraction of sp³-hybridized carbons (Fsp3) is 0.440. The fourth-order valence-corrected chi connectivity index (χ4v) is 4.43. The molecule has 1 saturated heterocycles. The van der Waals surface area contributed by atoms with Crippen molar-refractivity contribution in [1.82, 2.24) is 14.9 Å². The minimum atomic E-state index is -1.14. The van der Waals surface area contributed by atoms with Crippen molar-refractivity contribution in [3.63, 3.8) is 0 Å². The lowest BCUT2D eigenvalue weighted by Gasteiger charge is -2.38. The minimum absolute atomic E-state index is 0.170. The number of aromatic hydroxyl groups is 1. The van der Waals surface area contributed by atoms with E-state index in [-0.39, 0.29) is 5.75 Å². The fourth-order valence-electron chi connectivity index (χ4n) is 4.43. The molecule has 1 N–H and O–H groups in total. The number of piperazine rings is 1. The van der Waals surface area contributed by atoms with Crippen LogP contribution in [0, 0.1) is 6.92 Å². The van der Waals surface area contributed by atoms with Gasteiger partial charge in [0.1, 0.15) is 17.2 Å². The summed E-state index contributed by atoms with van der Waals surface area (Å²) in [4.78, 5) is 14.1. The van der Waals surface area contributed by atoms with Crippen molar-refractivity contribution in [2.45, 2.75) is 39.3 Å². The van der Waals surface area contributed by atoms with E-state index < -0.39 is 5.67 Å². The molecule has 2 aromatic carbocycles. The second kappa shape index (κ2) is 8.79. The Morgan fingerprint density at radius 1 is 1.06 bits per heavy atom. The molecule has 1 unspecified atom stereocenters. The SMILES string of the molecule is CCCC(C)(F)CN1CCN(c2nc(-c3ccccc3O)nc3cc(C)ccc23)CC1. The predicted molar refractivity (Wildman–Crippen MR) is 124 cm³/mol. The van der Waals surface area contributed by atoms with Gasteiger partial charge in [0.05, 0.1) is 11.1 Å². The van der Waals surface area contributed by atoms with Crippen LogP contribution in [0.4, 0.5) is 10.2 Å². The lowest BCUT2D eigenvalue weighted by Crippen LogP contribution is -2.50. The molecule has 0 spiro atoms. The Kier molecular flexibility index (Phi) is 6.10. The molecule has 0 radical (unpaired) electrons. The molecular formula is C25H31FN4O. The number of rotatable bonds is 6. The monoisotopic (exact) mass is 422 g/mol. The van der Waals surface area contributed by atoms with Gasteiger partial charge < -0.3 is 10.0 Å². The zero-order valence-corrected chi connectivity index (χ0v) is 18.6. The molecule has 1 atom stereocenters. The Labute approximate surface area is 183 Å². The number of para-hydroxylation sites is 1. The van der Waals surface area contributed by atoms with E-state index in [9.17, 15) is 9.50 Å². The molecular weight excluding hydrogens is 391 g/mol. The molecule has 1 aliphatic rings. The minimum Gasteiger partial charge on any atom is -0.507 e. The Morgan fingerprint density at radius 3 is 2.52 bits per heavy atom. The molecule has 5 nitrogen and oxygen atoms in total. The van der Waals surface area contributed by atoms with Crippen LogP contribution in [-0.4, -0.2) is 58.4 Å². The smallest absolute Gasteiger partial charge is 0.165 e. The van der Waals surface area contributed by atoms with Crippen LogP contribution < -0.4 is 4.90 Å². The molecule has 4 rings (SSSR count). The van der Waals surface area contributed by atoms with Gasteiger partial charge in [0.2, 0.25) is 0 Å². The van der Waals surface area contributed by atoms with Crippen molar-refractivity contribution in [2.75, 3.05) is 37.6 Å². The number of aromatic nitrogens is 2. The Hall–Kier alpha value is -2.73. The largest absolute Gasteiger partial charge is 0.507 e. The molecule has 0 bridgehead atoms. The van der Waals surface area contributed by atoms with Crippen molar-refractivity contribution >= 4 is 16.7 Å². The standard InChI is InChI=1S/C25H31FN4O/c1-4-11-25(3,26)17-29-12-14-30(15-13-29)24-19-10-9-18(2)16-21(19)27-23(28-24)20-7-5-6-8-22(20)31/h5-10,16,31H,4,11-15,17H2,1-3H3. The van der Waals surface area contributed by atoms with Gasteiger partial charge in [-0.25, -0.2) is 14.4 Å². The quantitative estimate of drug-likeness (QED) is 0.608. The molecule has 3 aromatic rings. The highest BCUT2D eigenvalue weighted by Gasteiger charge is 2.28. The van der Waals surface area contributed by atoms with Gasteiger partial charge in [-0.15, -0.1) is 0 Å². The maximum Gasteiger partial charge on any atom is 0.165 e. The first-order chi connectivity index (χ1) is 14.9. The number of nitrogens with zero attached hydrogens (tertiary/aromatic N) is 4. The summed E-state index contributed by atoms with van der Waals surface area (Å²) in [5.74, 6) is 1.57. The summed E-state index contributed by atoms with van der Waals surface area (Å²) >= 11 is 0. The van der Waals surface area contributed by atoms with Crippen LogP contribution in [0.25, 0.3) is 22.3 Å². The van der Waals surface area contributed by atoms with Crippen molar-refractivity contribution < 1.29 is 9.50 Å². The van der Waals surface area contributed by atoms with E-state index in [1.807, 2.05) is 26.0 Å². The van der Waals surface area contributed by atoms with E-state index in [4.69, 9.17) is 9.97 Å². The van der Waals surface area contributed by atoms with Gasteiger partial charge in [-0.2, -0.15) is 0 Å². The van der Waals surface area contributed by atoms with Crippen LogP contribution in [0.2, 0.25) is 0 Å². The Balaban J connectivity index is 1.64. The van der Waals surface area contributed by atoms with E-state index in [0.717, 1.165) is 54.9 Å². The van der Waals surface area contributed by atoms with Crippen LogP contribution in [0.1, 0.15) is 32.3 Å². The summed E-state index contributed by atoms with van der Waals surface area (Å²) in [5, 5.41) is 11.3. The number of aryl methyl sites for hydroxylation is 1. The molecule has 31 heavy (non-hydrogen) atoms. The van der Waals surface area contributed by atoms with Crippen LogP contribution in [-0.2, 0) is 0 Å². The van der Waals surface area contributed by atoms with E-state index in [1.54, 1.807) is 19.1 Å². The highest BCUT2D eigenvalue weighted by Crippen LogP contribution is 2.32. The van der Waals surface area contributed by atoms with Crippen molar-refractivity contribution in [3.8, 4) is 17.1 Å². The number of phenols is 1. The van der Waals surface area contributed by atoms with Gasteiger partial charge in [-0.3, -0.25) is 4.90 Å². The summed E-state index contributed by atoms with van der Waals surface area (Å²) in [7, 11) is 0. The number of anilines is 1. The van der Waals surface area contributed by atoms with Gasteiger partial charge in [-0.05, 0) is 50.1 Å². The van der Waals surface area contributed by atoms with Crippen molar-refractivity contribution in [1.29, 1.82) is 0 Å². The van der Waals surface area contributed by atoms with E-state index in [1.165, 1.54) is 0 Å². The number of fused-ring (bicyclic) bond motifs is 1. The number of phenolic OH excluding ortho intramolecular Hbond substituents is 1. The number of alkyl halides is 1. The molecule has 0 aliphatic carbocycles. The summed E-state index contributed by atoms with van der Waals surface area (Å²) < 4.78 is 14.7. The molecule has 1 aromatic heterocycles. The maximum atomic E-state index is 14.7. The normalized spacial score (nSPS) is 17.1. The van der Waals surface area contributed by atoms with Crippen LogP contribution in [0.3, 0.4) is 0 Å². The second-order valence-corrected chi connectivity index (χ2v) is 8.84. The Morgan fingerprint density at radius 2 is 1.81 bits per heavy atom. The number of hydrogen-bond donors (Lipinski definition) is 1. The molecule has 0 saturated carbocycles. The van der Waals surface area contributed by atoms with Gasteiger partial charge in [0.15, 0.2) is 5.82 Å². The number of benzene rings is 2. The van der Waals surface area contributed by atoms with E-state index in [0.29, 0.717) is 24.4 Å². The summed E-state index contributed by atoms with van der Waals surface area (Å²) in [6.45, 7) is 9.41. The predicted octanol–water partition coefficient (Wildman–Crippen LogP) is 4.96. The summed E-state index contributed by atoms with van der Waals surface area (Å²) in [6.07, 6.45) is 1.45. The van der Waals surface area contributed by atoms with Crippen molar-refractivity contribution in [3.05, 3.63) is 48.0 Å². The summed E-state index contributed by atoms with van der Waals surface area (Å²) in [5.41, 5.74) is 1.47. The first kappa shape index (κ1) is 21.5. The third-order valence-electron chi connectivity index (χ3n) is 5.97. The third-order valence-corrected chi connectivity index (χ3v) is 5.97. The molecule has 0 amide bonds. The lowest BCUT2D eigenvalue weighted by molar-refractivity contribution is 0.0957. The van der Waals surface area contributed by atoms with Gasteiger partial charge in [-0.1, -0.05) is 31.5 Å². The second-order valence-electron chi connectivity index (χ2n) is 8.84. The van der Waals surface area contributed by atoms with Crippen molar-refractivity contribution in [2.24, 2.45) is 0 Å². The third kappa shape index (κ3) is 4.79. The summed E-state index contributed by atoms with van der Waals surface area (Å²) in [6, 6.07) is 13.4. The van der Waals surface area contributed by atoms with Crippen LogP contribution in [0.15, 0.2) is 42.5 Å². The molecule has 1 aliphatic heterocycles.